The molecule has 3 heteroatoms. The summed E-state index contributed by atoms with van der Waals surface area (Å²) in [7, 11) is 0. The molecule has 0 aliphatic rings. The van der Waals surface area contributed by atoms with Crippen molar-refractivity contribution in [3.05, 3.63) is 0 Å². The number of aliphatic hydroxyl groups excluding tert-OH is 2. The Morgan fingerprint density at radius 2 is 1.85 bits per heavy atom. The van der Waals surface area contributed by atoms with Gasteiger partial charge in [-0.1, -0.05) is 20.8 Å². The summed E-state index contributed by atoms with van der Waals surface area (Å²) in [6.45, 7) is 5.73. The van der Waals surface area contributed by atoms with E-state index in [1.54, 1.807) is 0 Å². The van der Waals surface area contributed by atoms with E-state index in [0.29, 0.717) is 18.8 Å². The maximum absolute atomic E-state index is 10.0. The zero-order valence-electron chi connectivity index (χ0n) is 8.82. The van der Waals surface area contributed by atoms with Crippen LogP contribution in [0.4, 0.5) is 0 Å². The topological polar surface area (TPSA) is 60.7 Å². The van der Waals surface area contributed by atoms with E-state index in [4.69, 9.17) is 5.11 Å². The maximum atomic E-state index is 10.0. The second kappa shape index (κ2) is 5.58. The Hall–Kier alpha value is -0.120. The molecular weight excluding hydrogens is 168 g/mol. The van der Waals surface area contributed by atoms with Gasteiger partial charge in [-0.25, -0.2) is 0 Å². The Balaban J connectivity index is 4.32. The fourth-order valence-electron chi connectivity index (χ4n) is 1.69. The van der Waals surface area contributed by atoms with Crippen LogP contribution in [0, 0.1) is 5.92 Å². The molecule has 0 aromatic carbocycles. The highest BCUT2D eigenvalue weighted by atomic mass is 16.3. The smallest absolute Gasteiger partial charge is 0.0929 e. The first kappa shape index (κ1) is 12.9. The van der Waals surface area contributed by atoms with E-state index >= 15 is 0 Å². The summed E-state index contributed by atoms with van der Waals surface area (Å²) in [6.07, 6.45) is 0.563. The van der Waals surface area contributed by atoms with Gasteiger partial charge in [-0.15, -0.1) is 0 Å². The first-order chi connectivity index (χ1) is 5.96. The van der Waals surface area contributed by atoms with Crippen molar-refractivity contribution in [2.75, 3.05) is 6.61 Å². The molecule has 0 aliphatic carbocycles. The molecule has 0 aromatic heterocycles. The van der Waals surface area contributed by atoms with Crippen LogP contribution in [0.3, 0.4) is 0 Å². The number of hydrogen-bond acceptors (Lipinski definition) is 3. The van der Waals surface area contributed by atoms with Crippen molar-refractivity contribution in [3.8, 4) is 0 Å². The van der Waals surface area contributed by atoms with E-state index in [0.717, 1.165) is 0 Å². The van der Waals surface area contributed by atoms with E-state index in [9.17, 15) is 10.2 Å². The van der Waals surface area contributed by atoms with Gasteiger partial charge in [0.2, 0.25) is 0 Å². The normalized spacial score (nSPS) is 18.7. The fraction of sp³-hybridized carbons (Fsp3) is 1.00. The quantitative estimate of drug-likeness (QED) is 0.583. The largest absolute Gasteiger partial charge is 0.396 e. The number of rotatable bonds is 6. The third-order valence-electron chi connectivity index (χ3n) is 2.31. The van der Waals surface area contributed by atoms with E-state index in [-0.39, 0.29) is 13.0 Å². The predicted octanol–water partition coefficient (Wildman–Crippen LogP) is 0.917. The molecule has 0 bridgehead atoms. The highest BCUT2D eigenvalue weighted by molar-refractivity contribution is 4.86. The summed E-state index contributed by atoms with van der Waals surface area (Å²) in [4.78, 5) is 0. The molecule has 0 amide bonds. The lowest BCUT2D eigenvalue weighted by molar-refractivity contribution is -0.0998. The van der Waals surface area contributed by atoms with Crippen LogP contribution in [0.5, 0.6) is 0 Å². The van der Waals surface area contributed by atoms with Crippen LogP contribution >= 0.6 is 0 Å². The van der Waals surface area contributed by atoms with Crippen LogP contribution in [0.1, 0.15) is 40.0 Å². The summed E-state index contributed by atoms with van der Waals surface area (Å²) in [5, 5.41) is 28.4. The Labute approximate surface area is 80.4 Å². The number of hydrogen-bond donors (Lipinski definition) is 3. The molecule has 2 unspecified atom stereocenters. The molecule has 0 saturated carbocycles. The van der Waals surface area contributed by atoms with Gasteiger partial charge in [-0.05, 0) is 18.8 Å². The first-order valence-corrected chi connectivity index (χ1v) is 4.97. The molecule has 3 nitrogen and oxygen atoms in total. The lowest BCUT2D eigenvalue weighted by Crippen LogP contribution is -2.43. The van der Waals surface area contributed by atoms with Gasteiger partial charge < -0.3 is 15.3 Å². The van der Waals surface area contributed by atoms with Crippen molar-refractivity contribution in [3.63, 3.8) is 0 Å². The van der Waals surface area contributed by atoms with Crippen LogP contribution in [-0.2, 0) is 0 Å². The third-order valence-corrected chi connectivity index (χ3v) is 2.31. The molecule has 13 heavy (non-hydrogen) atoms. The minimum Gasteiger partial charge on any atom is -0.396 e. The van der Waals surface area contributed by atoms with Crippen LogP contribution in [0.2, 0.25) is 0 Å². The SMILES string of the molecule is CCC(O)C(O)(CCO)CC(C)C. The van der Waals surface area contributed by atoms with Crippen LogP contribution in [0.25, 0.3) is 0 Å². The van der Waals surface area contributed by atoms with E-state index < -0.39 is 11.7 Å². The molecule has 0 heterocycles. The second-order valence-corrected chi connectivity index (χ2v) is 4.10. The first-order valence-electron chi connectivity index (χ1n) is 4.97. The summed E-state index contributed by atoms with van der Waals surface area (Å²) < 4.78 is 0. The predicted molar refractivity (Wildman–Crippen MR) is 52.4 cm³/mol. The van der Waals surface area contributed by atoms with Crippen molar-refractivity contribution in [2.45, 2.75) is 51.7 Å². The summed E-state index contributed by atoms with van der Waals surface area (Å²) in [5.41, 5.74) is -1.11. The molecular formula is C10H22O3. The molecule has 0 rings (SSSR count). The van der Waals surface area contributed by atoms with Crippen molar-refractivity contribution >= 4 is 0 Å². The van der Waals surface area contributed by atoms with Gasteiger partial charge in [-0.2, -0.15) is 0 Å². The third kappa shape index (κ3) is 4.07. The fourth-order valence-corrected chi connectivity index (χ4v) is 1.69. The van der Waals surface area contributed by atoms with E-state index in [1.165, 1.54) is 0 Å². The van der Waals surface area contributed by atoms with Crippen LogP contribution in [0.15, 0.2) is 0 Å². The van der Waals surface area contributed by atoms with Gasteiger partial charge in [0.15, 0.2) is 0 Å². The molecule has 0 fully saturated rings. The Bertz CT molecular complexity index is 136. The molecule has 0 radical (unpaired) electrons. The average Bonchev–Trinajstić information content (AvgIpc) is 2.02. The van der Waals surface area contributed by atoms with Gasteiger partial charge >= 0.3 is 0 Å². The molecule has 3 N–H and O–H groups in total. The molecule has 0 spiro atoms. The molecule has 2 atom stereocenters. The van der Waals surface area contributed by atoms with Gasteiger partial charge in [0.1, 0.15) is 0 Å². The zero-order valence-corrected chi connectivity index (χ0v) is 8.82. The van der Waals surface area contributed by atoms with E-state index in [2.05, 4.69) is 0 Å². The van der Waals surface area contributed by atoms with Crippen LogP contribution in [-0.4, -0.2) is 33.6 Å². The van der Waals surface area contributed by atoms with Crippen molar-refractivity contribution in [1.29, 1.82) is 0 Å². The van der Waals surface area contributed by atoms with Crippen molar-refractivity contribution in [2.24, 2.45) is 5.92 Å². The molecule has 0 aromatic rings. The summed E-state index contributed by atoms with van der Waals surface area (Å²) >= 11 is 0. The van der Waals surface area contributed by atoms with Gasteiger partial charge in [0, 0.05) is 13.0 Å². The minimum atomic E-state index is -1.11. The number of aliphatic hydroxyl groups is 3. The highest BCUT2D eigenvalue weighted by Crippen LogP contribution is 2.26. The molecule has 0 saturated heterocycles. The molecule has 0 aliphatic heterocycles. The van der Waals surface area contributed by atoms with Crippen molar-refractivity contribution in [1.82, 2.24) is 0 Å². The monoisotopic (exact) mass is 190 g/mol. The Kier molecular flexibility index (Phi) is 5.53. The Morgan fingerprint density at radius 1 is 1.31 bits per heavy atom. The van der Waals surface area contributed by atoms with Crippen LogP contribution < -0.4 is 0 Å². The molecule has 80 valence electrons. The lowest BCUT2D eigenvalue weighted by atomic mass is 9.83. The van der Waals surface area contributed by atoms with Gasteiger partial charge in [0.05, 0.1) is 11.7 Å². The van der Waals surface area contributed by atoms with Gasteiger partial charge in [-0.3, -0.25) is 0 Å². The minimum absolute atomic E-state index is 0.0831. The highest BCUT2D eigenvalue weighted by Gasteiger charge is 2.34. The van der Waals surface area contributed by atoms with Gasteiger partial charge in [0.25, 0.3) is 0 Å². The van der Waals surface area contributed by atoms with E-state index in [1.807, 2.05) is 20.8 Å². The summed E-state index contributed by atoms with van der Waals surface area (Å²) in [6, 6.07) is 0. The van der Waals surface area contributed by atoms with Crippen molar-refractivity contribution < 1.29 is 15.3 Å². The lowest BCUT2D eigenvalue weighted by Gasteiger charge is -2.33. The maximum Gasteiger partial charge on any atom is 0.0929 e. The standard InChI is InChI=1S/C10H22O3/c1-4-9(12)10(13,5-6-11)7-8(2)3/h8-9,11-13H,4-7H2,1-3H3. The Morgan fingerprint density at radius 3 is 2.15 bits per heavy atom. The zero-order chi connectivity index (χ0) is 10.5. The average molecular weight is 190 g/mol. The summed E-state index contributed by atoms with van der Waals surface area (Å²) in [5.74, 6) is 0.317. The second-order valence-electron chi connectivity index (χ2n) is 4.10.